The standard InChI is InChI=1S/C15H23N2OS/c1-17(2)9-7-14(13-8-10-19-15(13)17)18-12-5-3-11(16)4-6-12/h7-8,10-12H,3-6,9,16H2,1-2H3/q+1. The van der Waals surface area contributed by atoms with Crippen LogP contribution in [0.15, 0.2) is 17.5 Å². The van der Waals surface area contributed by atoms with Gasteiger partial charge < -0.3 is 10.5 Å². The van der Waals surface area contributed by atoms with Crippen LogP contribution in [0.5, 0.6) is 0 Å². The van der Waals surface area contributed by atoms with E-state index >= 15 is 0 Å². The van der Waals surface area contributed by atoms with Crippen LogP contribution in [0.25, 0.3) is 5.76 Å². The first-order chi connectivity index (χ1) is 9.06. The van der Waals surface area contributed by atoms with E-state index in [2.05, 4.69) is 31.6 Å². The minimum absolute atomic E-state index is 0.354. The summed E-state index contributed by atoms with van der Waals surface area (Å²) in [4.78, 5) is 0. The van der Waals surface area contributed by atoms with Crippen LogP contribution >= 0.6 is 11.3 Å². The van der Waals surface area contributed by atoms with Crippen molar-refractivity contribution in [1.29, 1.82) is 0 Å². The Labute approximate surface area is 119 Å². The molecule has 1 aromatic rings. The van der Waals surface area contributed by atoms with Gasteiger partial charge in [0.25, 0.3) is 0 Å². The molecule has 2 N–H and O–H groups in total. The van der Waals surface area contributed by atoms with E-state index in [1.165, 1.54) is 10.6 Å². The van der Waals surface area contributed by atoms with E-state index in [0.29, 0.717) is 12.1 Å². The lowest BCUT2D eigenvalue weighted by Crippen LogP contribution is -2.42. The van der Waals surface area contributed by atoms with Crippen LogP contribution in [0.1, 0.15) is 31.2 Å². The Kier molecular flexibility index (Phi) is 3.41. The topological polar surface area (TPSA) is 35.2 Å². The molecule has 0 amide bonds. The van der Waals surface area contributed by atoms with Gasteiger partial charge in [0, 0.05) is 12.1 Å². The minimum atomic E-state index is 0.354. The van der Waals surface area contributed by atoms with Gasteiger partial charge in [0.15, 0.2) is 5.00 Å². The Hall–Kier alpha value is -0.840. The van der Waals surface area contributed by atoms with Crippen LogP contribution in [0.2, 0.25) is 0 Å². The molecule has 1 aliphatic carbocycles. The van der Waals surface area contributed by atoms with Crippen LogP contribution < -0.4 is 10.2 Å². The van der Waals surface area contributed by atoms with E-state index in [1.807, 2.05) is 11.3 Å². The van der Waals surface area contributed by atoms with Gasteiger partial charge >= 0.3 is 0 Å². The zero-order chi connectivity index (χ0) is 13.5. The van der Waals surface area contributed by atoms with Gasteiger partial charge in [-0.2, -0.15) is 0 Å². The number of nitrogens with two attached hydrogens (primary N) is 1. The number of ether oxygens (including phenoxy) is 1. The van der Waals surface area contributed by atoms with Crippen molar-refractivity contribution < 1.29 is 4.74 Å². The lowest BCUT2D eigenvalue weighted by Gasteiger charge is -2.33. The molecule has 3 rings (SSSR count). The fourth-order valence-electron chi connectivity index (χ4n) is 2.96. The van der Waals surface area contributed by atoms with Gasteiger partial charge in [0.1, 0.15) is 12.3 Å². The number of fused-ring (bicyclic) bond motifs is 1. The van der Waals surface area contributed by atoms with Crippen molar-refractivity contribution in [1.82, 2.24) is 4.48 Å². The van der Waals surface area contributed by atoms with Crippen LogP contribution in [0.4, 0.5) is 5.00 Å². The van der Waals surface area contributed by atoms with E-state index in [4.69, 9.17) is 10.5 Å². The summed E-state index contributed by atoms with van der Waals surface area (Å²) in [7, 11) is 4.50. The molecule has 3 nitrogen and oxygen atoms in total. The third-order valence-electron chi connectivity index (χ3n) is 4.21. The molecule has 0 aromatic carbocycles. The van der Waals surface area contributed by atoms with Crippen molar-refractivity contribution in [2.75, 3.05) is 20.6 Å². The fraction of sp³-hybridized carbons (Fsp3) is 0.600. The van der Waals surface area contributed by atoms with E-state index in [-0.39, 0.29) is 0 Å². The normalized spacial score (nSPS) is 29.5. The number of hydrogen-bond donors (Lipinski definition) is 1. The van der Waals surface area contributed by atoms with Crippen molar-refractivity contribution in [3.8, 4) is 0 Å². The molecule has 0 spiro atoms. The summed E-state index contributed by atoms with van der Waals surface area (Å²) in [5, 5.41) is 3.58. The molecule has 1 aliphatic heterocycles. The Morgan fingerprint density at radius 3 is 2.74 bits per heavy atom. The first kappa shape index (κ1) is 13.2. The third-order valence-corrected chi connectivity index (χ3v) is 5.42. The quantitative estimate of drug-likeness (QED) is 0.845. The molecule has 0 radical (unpaired) electrons. The van der Waals surface area contributed by atoms with Gasteiger partial charge in [-0.1, -0.05) is 11.3 Å². The van der Waals surface area contributed by atoms with Crippen molar-refractivity contribution in [2.45, 2.75) is 37.8 Å². The number of hydrogen-bond acceptors (Lipinski definition) is 3. The predicted octanol–water partition coefficient (Wildman–Crippen LogP) is 2.96. The van der Waals surface area contributed by atoms with Crippen LogP contribution in [0, 0.1) is 0 Å². The maximum absolute atomic E-state index is 6.26. The lowest BCUT2D eigenvalue weighted by atomic mass is 9.93. The summed E-state index contributed by atoms with van der Waals surface area (Å²) in [5.41, 5.74) is 7.24. The molecule has 0 unspecified atom stereocenters. The molecule has 0 bridgehead atoms. The number of thiophene rings is 1. The average molecular weight is 279 g/mol. The summed E-state index contributed by atoms with van der Waals surface area (Å²) in [6, 6.07) is 2.58. The van der Waals surface area contributed by atoms with Crippen molar-refractivity contribution in [2.24, 2.45) is 5.73 Å². The van der Waals surface area contributed by atoms with E-state index in [0.717, 1.165) is 42.5 Å². The highest BCUT2D eigenvalue weighted by Crippen LogP contribution is 2.40. The summed E-state index contributed by atoms with van der Waals surface area (Å²) < 4.78 is 7.19. The fourth-order valence-corrected chi connectivity index (χ4v) is 3.95. The monoisotopic (exact) mass is 279 g/mol. The molecule has 1 aromatic heterocycles. The van der Waals surface area contributed by atoms with E-state index in [1.54, 1.807) is 0 Å². The third kappa shape index (κ3) is 2.57. The van der Waals surface area contributed by atoms with Gasteiger partial charge in [-0.25, -0.2) is 0 Å². The number of quaternary nitrogens is 1. The SMILES string of the molecule is C[N+]1(C)CC=C(OC2CCC(N)CC2)c2ccsc21. The molecule has 1 saturated carbocycles. The summed E-state index contributed by atoms with van der Waals surface area (Å²) in [5.74, 6) is 1.09. The molecular weight excluding hydrogens is 256 g/mol. The highest BCUT2D eigenvalue weighted by molar-refractivity contribution is 7.14. The first-order valence-corrected chi connectivity index (χ1v) is 7.98. The molecule has 4 heteroatoms. The maximum Gasteiger partial charge on any atom is 0.199 e. The molecule has 2 heterocycles. The van der Waals surface area contributed by atoms with Crippen molar-refractivity contribution in [3.63, 3.8) is 0 Å². The number of nitrogens with zero attached hydrogens (tertiary/aromatic N) is 1. The van der Waals surface area contributed by atoms with Gasteiger partial charge in [-0.05, 0) is 37.1 Å². The van der Waals surface area contributed by atoms with Gasteiger partial charge in [0.05, 0.1) is 25.8 Å². The average Bonchev–Trinajstić information content (AvgIpc) is 2.86. The Bertz CT molecular complexity index is 484. The van der Waals surface area contributed by atoms with Crippen molar-refractivity contribution >= 4 is 22.1 Å². The second-order valence-corrected chi connectivity index (χ2v) is 7.12. The molecule has 2 aliphatic rings. The summed E-state index contributed by atoms with van der Waals surface area (Å²) in [6.07, 6.45) is 6.98. The Morgan fingerprint density at radius 1 is 1.26 bits per heavy atom. The molecular formula is C15H23N2OS+. The highest BCUT2D eigenvalue weighted by Gasteiger charge is 2.32. The predicted molar refractivity (Wildman–Crippen MR) is 82.1 cm³/mol. The van der Waals surface area contributed by atoms with Crippen LogP contribution in [-0.2, 0) is 4.74 Å². The molecule has 19 heavy (non-hydrogen) atoms. The first-order valence-electron chi connectivity index (χ1n) is 7.10. The van der Waals surface area contributed by atoms with Gasteiger partial charge in [0.2, 0.25) is 0 Å². The van der Waals surface area contributed by atoms with Gasteiger partial charge in [-0.15, -0.1) is 0 Å². The molecule has 104 valence electrons. The zero-order valence-corrected chi connectivity index (χ0v) is 12.6. The molecule has 0 saturated heterocycles. The summed E-state index contributed by atoms with van der Waals surface area (Å²) in [6.45, 7) is 1.01. The lowest BCUT2D eigenvalue weighted by molar-refractivity contribution is 0.117. The van der Waals surface area contributed by atoms with Crippen molar-refractivity contribution in [3.05, 3.63) is 23.1 Å². The smallest absolute Gasteiger partial charge is 0.199 e. The van der Waals surface area contributed by atoms with E-state index < -0.39 is 0 Å². The zero-order valence-electron chi connectivity index (χ0n) is 11.8. The second-order valence-electron chi connectivity index (χ2n) is 6.23. The highest BCUT2D eigenvalue weighted by atomic mass is 32.1. The molecule has 0 atom stereocenters. The second kappa shape index (κ2) is 4.93. The molecule has 1 fully saturated rings. The minimum Gasteiger partial charge on any atom is -0.490 e. The maximum atomic E-state index is 6.26. The number of likely N-dealkylation sites (N-methyl/N-ethyl adjacent to an activating group) is 1. The summed E-state index contributed by atoms with van der Waals surface area (Å²) >= 11 is 1.83. The Morgan fingerprint density at radius 2 is 2.00 bits per heavy atom. The van der Waals surface area contributed by atoms with Crippen LogP contribution in [-0.4, -0.2) is 32.8 Å². The Balaban J connectivity index is 1.75. The van der Waals surface area contributed by atoms with Crippen LogP contribution in [0.3, 0.4) is 0 Å². The number of rotatable bonds is 2. The largest absolute Gasteiger partial charge is 0.490 e. The van der Waals surface area contributed by atoms with Gasteiger partial charge in [-0.3, -0.25) is 4.48 Å². The van der Waals surface area contributed by atoms with E-state index in [9.17, 15) is 0 Å².